The van der Waals surface area contributed by atoms with E-state index in [1.807, 2.05) is 13.8 Å². The van der Waals surface area contributed by atoms with E-state index in [1.165, 1.54) is 30.3 Å². The minimum absolute atomic E-state index is 0.0702. The van der Waals surface area contributed by atoms with Crippen molar-refractivity contribution in [2.75, 3.05) is 45.9 Å². The first-order chi connectivity index (χ1) is 14.6. The molecule has 1 N–H and O–H groups in total. The number of fused-ring (bicyclic) bond motifs is 1. The number of benzene rings is 1. The summed E-state index contributed by atoms with van der Waals surface area (Å²) in [5, 5.41) is 4.28. The zero-order valence-corrected chi connectivity index (χ0v) is 18.5. The maximum absolute atomic E-state index is 12.3. The van der Waals surface area contributed by atoms with Gasteiger partial charge in [-0.05, 0) is 50.8 Å². The van der Waals surface area contributed by atoms with Crippen molar-refractivity contribution in [1.29, 1.82) is 0 Å². The van der Waals surface area contributed by atoms with Gasteiger partial charge in [-0.25, -0.2) is 0 Å². The van der Waals surface area contributed by atoms with E-state index in [0.717, 1.165) is 57.4 Å². The number of morpholine rings is 1. The van der Waals surface area contributed by atoms with E-state index in [2.05, 4.69) is 50.1 Å². The monoisotopic (exact) mass is 412 g/mol. The highest BCUT2D eigenvalue weighted by atomic mass is 16.5. The molecule has 6 nitrogen and oxygen atoms in total. The Balaban J connectivity index is 1.43. The van der Waals surface area contributed by atoms with E-state index >= 15 is 0 Å². The van der Waals surface area contributed by atoms with E-state index in [-0.39, 0.29) is 11.9 Å². The fourth-order valence-corrected chi connectivity index (χ4v) is 4.94. The first-order valence-corrected chi connectivity index (χ1v) is 11.5. The van der Waals surface area contributed by atoms with Gasteiger partial charge >= 0.3 is 0 Å². The molecular formula is C24H36N4O2. The predicted octanol–water partition coefficient (Wildman–Crippen LogP) is 2.71. The molecular weight excluding hydrogens is 376 g/mol. The zero-order valence-electron chi connectivity index (χ0n) is 18.5. The van der Waals surface area contributed by atoms with Crippen molar-refractivity contribution in [3.05, 3.63) is 36.0 Å². The minimum atomic E-state index is 0.0702. The summed E-state index contributed by atoms with van der Waals surface area (Å²) >= 11 is 0. The van der Waals surface area contributed by atoms with Gasteiger partial charge in [0.25, 0.3) is 0 Å². The van der Waals surface area contributed by atoms with Gasteiger partial charge in [0.05, 0.1) is 13.2 Å². The average Bonchev–Trinajstić information content (AvgIpc) is 3.06. The highest BCUT2D eigenvalue weighted by molar-refractivity contribution is 5.86. The maximum Gasteiger partial charge on any atom is 0.240 e. The van der Waals surface area contributed by atoms with Crippen LogP contribution in [0.2, 0.25) is 0 Å². The number of hydrogen-bond donors (Lipinski definition) is 1. The van der Waals surface area contributed by atoms with Crippen molar-refractivity contribution in [1.82, 2.24) is 19.7 Å². The van der Waals surface area contributed by atoms with Gasteiger partial charge in [0.15, 0.2) is 0 Å². The molecule has 1 atom stereocenters. The van der Waals surface area contributed by atoms with Crippen molar-refractivity contribution in [2.45, 2.75) is 45.8 Å². The van der Waals surface area contributed by atoms with Crippen LogP contribution in [0.15, 0.2) is 30.5 Å². The van der Waals surface area contributed by atoms with Gasteiger partial charge in [-0.2, -0.15) is 0 Å². The van der Waals surface area contributed by atoms with Crippen LogP contribution in [0.1, 0.15) is 32.3 Å². The van der Waals surface area contributed by atoms with Crippen molar-refractivity contribution >= 4 is 16.8 Å². The van der Waals surface area contributed by atoms with Crippen molar-refractivity contribution in [3.63, 3.8) is 0 Å². The summed E-state index contributed by atoms with van der Waals surface area (Å²) in [7, 11) is 0. The molecule has 1 aromatic heterocycles. The van der Waals surface area contributed by atoms with Crippen LogP contribution in [0, 0.1) is 5.92 Å². The molecule has 164 valence electrons. The molecule has 6 heteroatoms. The number of nitrogens with one attached hydrogen (secondary N) is 1. The molecule has 0 aliphatic carbocycles. The fourth-order valence-electron chi connectivity index (χ4n) is 4.94. The third-order valence-electron chi connectivity index (χ3n) is 6.25. The Bertz CT molecular complexity index is 841. The number of hydrogen-bond acceptors (Lipinski definition) is 4. The number of piperidine rings is 1. The lowest BCUT2D eigenvalue weighted by molar-refractivity contribution is -0.122. The first kappa shape index (κ1) is 21.3. The molecule has 1 amide bonds. The molecule has 1 aromatic carbocycles. The number of aromatic nitrogens is 1. The number of nitrogens with zero attached hydrogens (tertiary/aromatic N) is 3. The second-order valence-corrected chi connectivity index (χ2v) is 9.18. The molecule has 0 radical (unpaired) electrons. The Morgan fingerprint density at radius 2 is 1.97 bits per heavy atom. The first-order valence-electron chi connectivity index (χ1n) is 11.5. The van der Waals surface area contributed by atoms with E-state index in [9.17, 15) is 4.79 Å². The molecule has 2 aliphatic heterocycles. The number of para-hydroxylation sites is 1. The van der Waals surface area contributed by atoms with Gasteiger partial charge in [0.2, 0.25) is 5.91 Å². The highest BCUT2D eigenvalue weighted by Gasteiger charge is 2.24. The summed E-state index contributed by atoms with van der Waals surface area (Å²) in [5.74, 6) is 0.808. The van der Waals surface area contributed by atoms with Gasteiger partial charge in [0, 0.05) is 55.9 Å². The van der Waals surface area contributed by atoms with Crippen molar-refractivity contribution in [3.8, 4) is 0 Å². The molecule has 2 fully saturated rings. The topological polar surface area (TPSA) is 49.7 Å². The van der Waals surface area contributed by atoms with Gasteiger partial charge < -0.3 is 14.6 Å². The molecule has 30 heavy (non-hydrogen) atoms. The molecule has 0 bridgehead atoms. The SMILES string of the molecule is CC(C)NC(=O)Cn1cc(CN2CCC[C@@H](CN3CCOCC3)C2)c2ccccc21. The summed E-state index contributed by atoms with van der Waals surface area (Å²) in [6.45, 7) is 12.7. The smallest absolute Gasteiger partial charge is 0.240 e. The molecule has 2 saturated heterocycles. The lowest BCUT2D eigenvalue weighted by Gasteiger charge is -2.36. The maximum atomic E-state index is 12.3. The second-order valence-electron chi connectivity index (χ2n) is 9.18. The molecule has 2 aromatic rings. The van der Waals surface area contributed by atoms with Crippen LogP contribution < -0.4 is 5.32 Å². The van der Waals surface area contributed by atoms with E-state index in [0.29, 0.717) is 6.54 Å². The van der Waals surface area contributed by atoms with E-state index in [4.69, 9.17) is 4.74 Å². The lowest BCUT2D eigenvalue weighted by atomic mass is 9.96. The average molecular weight is 413 g/mol. The van der Waals surface area contributed by atoms with Crippen molar-refractivity contribution in [2.24, 2.45) is 5.92 Å². The second kappa shape index (κ2) is 9.94. The summed E-state index contributed by atoms with van der Waals surface area (Å²) in [5.41, 5.74) is 2.48. The van der Waals surface area contributed by atoms with E-state index in [1.54, 1.807) is 0 Å². The number of ether oxygens (including phenoxy) is 1. The number of carbonyl (C=O) groups excluding carboxylic acids is 1. The molecule has 0 spiro atoms. The quantitative estimate of drug-likeness (QED) is 0.760. The van der Waals surface area contributed by atoms with Gasteiger partial charge in [-0.3, -0.25) is 14.6 Å². The standard InChI is InChI=1S/C24H36N4O2/c1-19(2)25-24(29)18-28-17-21(22-7-3-4-8-23(22)28)16-27-9-5-6-20(15-27)14-26-10-12-30-13-11-26/h3-4,7-8,17,19-20H,5-6,9-16,18H2,1-2H3,(H,25,29)/t20-/m0/s1. The van der Waals surface area contributed by atoms with E-state index < -0.39 is 0 Å². The fraction of sp³-hybridized carbons (Fsp3) is 0.625. The largest absolute Gasteiger partial charge is 0.379 e. The van der Waals surface area contributed by atoms with Gasteiger partial charge in [-0.1, -0.05) is 18.2 Å². The minimum Gasteiger partial charge on any atom is -0.379 e. The predicted molar refractivity (Wildman–Crippen MR) is 120 cm³/mol. The molecule has 0 unspecified atom stereocenters. The van der Waals surface area contributed by atoms with Crippen molar-refractivity contribution < 1.29 is 9.53 Å². The molecule has 0 saturated carbocycles. The summed E-state index contributed by atoms with van der Waals surface area (Å²) in [6, 6.07) is 8.63. The number of carbonyl (C=O) groups is 1. The Hall–Kier alpha value is -1.89. The van der Waals surface area contributed by atoms with Crippen LogP contribution in [0.4, 0.5) is 0 Å². The molecule has 3 heterocycles. The summed E-state index contributed by atoms with van der Waals surface area (Å²) in [4.78, 5) is 17.5. The third kappa shape index (κ3) is 5.42. The van der Waals surface area contributed by atoms with Crippen LogP contribution >= 0.6 is 0 Å². The van der Waals surface area contributed by atoms with Crippen LogP contribution in [0.3, 0.4) is 0 Å². The number of rotatable bonds is 7. The van der Waals surface area contributed by atoms with Crippen LogP contribution in [0.25, 0.3) is 10.9 Å². The highest BCUT2D eigenvalue weighted by Crippen LogP contribution is 2.25. The Kier molecular flexibility index (Phi) is 7.08. The molecule has 2 aliphatic rings. The lowest BCUT2D eigenvalue weighted by Crippen LogP contribution is -2.44. The van der Waals surface area contributed by atoms with Crippen LogP contribution in [0.5, 0.6) is 0 Å². The van der Waals surface area contributed by atoms with Gasteiger partial charge in [-0.15, -0.1) is 0 Å². The van der Waals surface area contributed by atoms with Gasteiger partial charge in [0.1, 0.15) is 6.54 Å². The Labute approximate surface area is 180 Å². The Morgan fingerprint density at radius 1 is 1.17 bits per heavy atom. The Morgan fingerprint density at radius 3 is 2.77 bits per heavy atom. The normalized spacial score (nSPS) is 21.4. The number of amides is 1. The molecule has 4 rings (SSSR count). The third-order valence-corrected chi connectivity index (χ3v) is 6.25. The van der Waals surface area contributed by atoms with Crippen LogP contribution in [-0.2, 0) is 22.6 Å². The summed E-state index contributed by atoms with van der Waals surface area (Å²) < 4.78 is 7.61. The van der Waals surface area contributed by atoms with Crippen LogP contribution in [-0.4, -0.2) is 72.3 Å². The summed E-state index contributed by atoms with van der Waals surface area (Å²) in [6.07, 6.45) is 4.78. The number of likely N-dealkylation sites (tertiary alicyclic amines) is 1. The zero-order chi connectivity index (χ0) is 20.9.